The Labute approximate surface area is 767 Å². The molecule has 36 heteroatoms. The molecule has 6 atom stereocenters. The summed E-state index contributed by atoms with van der Waals surface area (Å²) in [5, 5.41) is 34.1. The third-order valence-electron chi connectivity index (χ3n) is 28.6. The largest absolute Gasteiger partial charge is 0.481 e. The fourth-order valence-corrected chi connectivity index (χ4v) is 20.7. The Morgan fingerprint density at radius 3 is 1.48 bits per heavy atom. The summed E-state index contributed by atoms with van der Waals surface area (Å²) in [7, 11) is 3.79. The van der Waals surface area contributed by atoms with E-state index in [-0.39, 0.29) is 207 Å². The molecule has 0 unspecified atom stereocenters. The monoisotopic (exact) mass is 1840 g/mol. The standard InChI is InChI=1S/C95H142F3N15O18/c1-60(2)110(3)69-26-40-81(113-46-41-79(93(113)123)108-89-76-53-65(95(96,97)98)19-39-78(76)103-59-104-89)80(54-69)109-90(120)61-13-20-66(21-14-61)105-82(114)10-6-47-126-70-27-33-73(34-28-70)129-50-43-100-85(117)57-112(58-86(118)101-44-51-130-74-35-29-71(30-36-74)127-49-8-12-84(116)107-68-24-17-63(18-25-68)94(124)125)92(122)62-15-22-67(23-16-62)106-83(115)11-7-48-128-72-31-37-75(38-32-72)131-52-45-102-91(121)77-55-87(119)111(4)88(77)64-9-5-42-99-56-64/h5,9,19,39,42,53,56,59-63,66-75,77,79-81,88H,6-8,10-18,20-38,40-41,43-52,54-55,57-58H2,1-4H3,(H,100,117)(H,101,118)(H,102,121)(H,105,114)(H,106,115)(H,107,116)(H,109,120)(H,124,125)(H,103,104,108)/t61?,62?,63?,66?,67?,68?,69-,70?,71?,72?,73?,74?,75?,77+,79+,80-,81+,88-/m1/s1. The SMILES string of the molecule is CC(C)N(C)[C@@H]1CC[C@H](N2CC[C@H](Nc3ncnc4ccc(C(F)(F)F)cc34)C2=O)[C@H](NC(=O)C2CCC(NC(=O)CCCOC3CCC(OCCNC(=O)CN(CC(=O)NCCOC4CCC(OCCCC(=O)NC5CCC(C(=O)O)CC5)CC4)C(=O)C4CCC(NC(=O)CCCOC5CCC(OCCNC(=O)[C@H]6CC(=O)N(C)[C@@H]6c6cccnc6)CC5)CC4)CC3)CC2)C1. The number of halogens is 3. The number of hydrogen-bond donors (Lipinski definition) is 9. The number of benzene rings is 1. The van der Waals surface area contributed by atoms with Crippen LogP contribution in [-0.4, -0.2) is 283 Å². The van der Waals surface area contributed by atoms with Gasteiger partial charge < -0.3 is 95.7 Å². The molecule has 12 rings (SSSR count). The van der Waals surface area contributed by atoms with Crippen molar-refractivity contribution in [3.05, 3.63) is 60.2 Å². The highest BCUT2D eigenvalue weighted by atomic mass is 19.4. The average Bonchev–Trinajstić information content (AvgIpc) is 1.69. The van der Waals surface area contributed by atoms with Crippen LogP contribution in [0, 0.1) is 23.7 Å². The number of pyridine rings is 1. The number of fused-ring (bicyclic) bond motifs is 1. The molecule has 131 heavy (non-hydrogen) atoms. The fraction of sp³-hybridized carbons (Fsp3) is 0.747. The Kier molecular flexibility index (Phi) is 39.0. The van der Waals surface area contributed by atoms with Crippen LogP contribution in [0.15, 0.2) is 49.1 Å². The maximum absolute atomic E-state index is 14.4. The molecule has 2 saturated heterocycles. The van der Waals surface area contributed by atoms with Crippen LogP contribution in [0.25, 0.3) is 10.9 Å². The lowest BCUT2D eigenvalue weighted by atomic mass is 9.82. The van der Waals surface area contributed by atoms with Crippen molar-refractivity contribution in [2.75, 3.05) is 98.3 Å². The van der Waals surface area contributed by atoms with Crippen LogP contribution in [0.4, 0.5) is 19.0 Å². The highest BCUT2D eigenvalue weighted by Crippen LogP contribution is 2.40. The predicted octanol–water partition coefficient (Wildman–Crippen LogP) is 8.68. The van der Waals surface area contributed by atoms with Gasteiger partial charge in [-0.1, -0.05) is 6.07 Å². The first-order chi connectivity index (χ1) is 63.1. The molecular formula is C95H142F3N15O18. The predicted molar refractivity (Wildman–Crippen MR) is 479 cm³/mol. The van der Waals surface area contributed by atoms with Crippen molar-refractivity contribution in [1.82, 2.24) is 71.8 Å². The smallest absolute Gasteiger partial charge is 0.416 e. The van der Waals surface area contributed by atoms with Crippen molar-refractivity contribution in [1.29, 1.82) is 0 Å². The zero-order valence-electron chi connectivity index (χ0n) is 77.0. The molecule has 7 saturated carbocycles. The topological polar surface area (TPSA) is 411 Å². The van der Waals surface area contributed by atoms with Gasteiger partial charge in [-0.2, -0.15) is 13.2 Å². The van der Waals surface area contributed by atoms with Gasteiger partial charge in [-0.3, -0.25) is 57.7 Å². The molecule has 9 aliphatic rings. The molecule has 9 fully saturated rings. The molecule has 1 aromatic carbocycles. The summed E-state index contributed by atoms with van der Waals surface area (Å²) in [6, 6.07) is 5.49. The van der Waals surface area contributed by atoms with E-state index in [0.29, 0.717) is 173 Å². The molecule has 726 valence electrons. The van der Waals surface area contributed by atoms with Crippen LogP contribution in [0.5, 0.6) is 0 Å². The molecular weight excluding hydrogens is 1700 g/mol. The molecule has 2 aromatic heterocycles. The number of rotatable bonds is 45. The molecule has 0 radical (unpaired) electrons. The summed E-state index contributed by atoms with van der Waals surface area (Å²) in [5.41, 5.74) is 0.303. The zero-order chi connectivity index (χ0) is 92.9. The van der Waals surface area contributed by atoms with Crippen molar-refractivity contribution in [2.45, 2.75) is 336 Å². The number of anilines is 1. The minimum absolute atomic E-state index is 0.0120. The normalized spacial score (nSPS) is 27.9. The quantitative estimate of drug-likeness (QED) is 0.0239. The number of nitrogens with zero attached hydrogens (tertiary/aromatic N) is 7. The van der Waals surface area contributed by atoms with Crippen LogP contribution in [-0.2, 0) is 87.3 Å². The van der Waals surface area contributed by atoms with Crippen molar-refractivity contribution in [2.24, 2.45) is 23.7 Å². The Hall–Kier alpha value is -8.81. The number of carboxylic acids is 1. The third kappa shape index (κ3) is 30.9. The van der Waals surface area contributed by atoms with E-state index in [1.807, 2.05) is 11.0 Å². The zero-order valence-corrected chi connectivity index (χ0v) is 77.0. The summed E-state index contributed by atoms with van der Waals surface area (Å²) in [4.78, 5) is 166. The summed E-state index contributed by atoms with van der Waals surface area (Å²) >= 11 is 0. The van der Waals surface area contributed by atoms with E-state index >= 15 is 0 Å². The number of aromatic nitrogens is 3. The lowest BCUT2D eigenvalue weighted by Gasteiger charge is -2.45. The van der Waals surface area contributed by atoms with Crippen molar-refractivity contribution >= 4 is 81.8 Å². The Balaban J connectivity index is 0.514. The number of amides is 10. The molecule has 10 amide bonds. The summed E-state index contributed by atoms with van der Waals surface area (Å²) in [6.45, 7) is 6.87. The molecule has 4 heterocycles. The number of carbonyl (C=O) groups is 11. The molecule has 33 nitrogen and oxygen atoms in total. The lowest BCUT2D eigenvalue weighted by Crippen LogP contribution is -2.59. The molecule has 0 bridgehead atoms. The maximum atomic E-state index is 14.4. The number of carbonyl (C=O) groups excluding carboxylic acids is 10. The molecule has 2 aliphatic heterocycles. The van der Waals surface area contributed by atoms with Gasteiger partial charge in [-0.25, -0.2) is 9.97 Å². The van der Waals surface area contributed by atoms with E-state index in [1.54, 1.807) is 30.4 Å². The average molecular weight is 1840 g/mol. The molecule has 9 N–H and O–H groups in total. The maximum Gasteiger partial charge on any atom is 0.416 e. The fourth-order valence-electron chi connectivity index (χ4n) is 20.7. The number of nitrogens with one attached hydrogen (secondary N) is 8. The van der Waals surface area contributed by atoms with E-state index < -0.39 is 47.4 Å². The van der Waals surface area contributed by atoms with Gasteiger partial charge in [0.2, 0.25) is 59.1 Å². The number of ether oxygens (including phenoxy) is 6. The first-order valence-corrected chi connectivity index (χ1v) is 48.6. The van der Waals surface area contributed by atoms with Gasteiger partial charge in [0.1, 0.15) is 31.3 Å². The first kappa shape index (κ1) is 101. The molecule has 0 spiro atoms. The van der Waals surface area contributed by atoms with Gasteiger partial charge in [0.25, 0.3) is 0 Å². The summed E-state index contributed by atoms with van der Waals surface area (Å²) in [6.07, 6.45) is 21.9. The van der Waals surface area contributed by atoms with Crippen molar-refractivity contribution < 1.29 is 99.4 Å². The van der Waals surface area contributed by atoms with Crippen molar-refractivity contribution in [3.8, 4) is 0 Å². The second-order valence-electron chi connectivity index (χ2n) is 38.0. The minimum Gasteiger partial charge on any atom is -0.481 e. The van der Waals surface area contributed by atoms with Gasteiger partial charge in [-0.05, 0) is 250 Å². The molecule has 3 aromatic rings. The van der Waals surface area contributed by atoms with E-state index in [9.17, 15) is 71.0 Å². The number of likely N-dealkylation sites (tertiary alicyclic amines) is 2. The summed E-state index contributed by atoms with van der Waals surface area (Å²) < 4.78 is 78.3. The second-order valence-corrected chi connectivity index (χ2v) is 38.0. The minimum atomic E-state index is -4.57. The Bertz CT molecular complexity index is 4210. The van der Waals surface area contributed by atoms with Crippen molar-refractivity contribution in [3.63, 3.8) is 0 Å². The lowest BCUT2D eigenvalue weighted by molar-refractivity contribution is -0.143. The van der Waals surface area contributed by atoms with Crippen LogP contribution in [0.1, 0.15) is 256 Å². The number of alkyl halides is 3. The number of hydrogen-bond acceptors (Lipinski definition) is 22. The van der Waals surface area contributed by atoms with Gasteiger partial charge in [0.15, 0.2) is 0 Å². The van der Waals surface area contributed by atoms with E-state index in [4.69, 9.17) is 28.4 Å². The van der Waals surface area contributed by atoms with Gasteiger partial charge in [0.05, 0.1) is 97.5 Å². The van der Waals surface area contributed by atoms with Crippen LogP contribution >= 0.6 is 0 Å². The highest BCUT2D eigenvalue weighted by molar-refractivity contribution is 5.94. The van der Waals surface area contributed by atoms with Crippen LogP contribution in [0.3, 0.4) is 0 Å². The Morgan fingerprint density at radius 1 is 0.542 bits per heavy atom. The summed E-state index contributed by atoms with van der Waals surface area (Å²) in [5.74, 6) is -4.09. The van der Waals surface area contributed by atoms with E-state index in [2.05, 4.69) is 83.3 Å². The third-order valence-corrected chi connectivity index (χ3v) is 28.6. The number of carboxylic acid groups (broad SMARTS) is 1. The van der Waals surface area contributed by atoms with Crippen LogP contribution < -0.4 is 42.5 Å². The molecule has 7 aliphatic carbocycles. The highest BCUT2D eigenvalue weighted by Gasteiger charge is 2.47. The van der Waals surface area contributed by atoms with E-state index in [1.165, 1.54) is 17.3 Å². The number of aliphatic carboxylic acids is 1. The van der Waals surface area contributed by atoms with Gasteiger partial charge in [0, 0.05) is 139 Å². The first-order valence-electron chi connectivity index (χ1n) is 48.6. The van der Waals surface area contributed by atoms with Gasteiger partial charge >= 0.3 is 12.1 Å². The van der Waals surface area contributed by atoms with Crippen LogP contribution in [0.2, 0.25) is 0 Å². The second kappa shape index (κ2) is 50.5. The van der Waals surface area contributed by atoms with E-state index in [0.717, 1.165) is 101 Å². The Morgan fingerprint density at radius 2 is 1.02 bits per heavy atom. The van der Waals surface area contributed by atoms with Gasteiger partial charge in [-0.15, -0.1) is 0 Å².